The molecule has 0 aliphatic carbocycles. The highest BCUT2D eigenvalue weighted by molar-refractivity contribution is 5.80. The first-order valence-electron chi connectivity index (χ1n) is 36.4. The summed E-state index contributed by atoms with van der Waals surface area (Å²) in [6.07, 6.45) is 88.6. The number of aliphatic hydroxyl groups excluding tert-OH is 4. The Bertz CT molecular complexity index is 1270. The van der Waals surface area contributed by atoms with Gasteiger partial charge in [-0.15, -0.1) is 0 Å². The number of unbranched alkanes of at least 4 members (excludes halogenated alkanes) is 53. The Morgan fingerprint density at radius 3 is 0.825 bits per heavy atom. The Hall–Kier alpha value is -1.47. The number of allylic oxidation sites excluding steroid dienone is 6. The average Bonchev–Trinajstić information content (AvgIpc) is 3.46. The minimum absolute atomic E-state index is 0.365. The van der Waals surface area contributed by atoms with Crippen LogP contribution in [0.4, 0.5) is 0 Å². The van der Waals surface area contributed by atoms with Crippen molar-refractivity contribution in [3.05, 3.63) is 36.5 Å². The van der Waals surface area contributed by atoms with Gasteiger partial charge in [-0.25, -0.2) is 0 Å². The molecule has 6 nitrogen and oxygen atoms in total. The van der Waals surface area contributed by atoms with Crippen LogP contribution in [0.25, 0.3) is 0 Å². The first kappa shape index (κ1) is 78.5. The van der Waals surface area contributed by atoms with Crippen molar-refractivity contribution >= 4 is 5.91 Å². The molecule has 0 heterocycles. The minimum atomic E-state index is -1.28. The number of nitrogens with one attached hydrogen (secondary N) is 1. The highest BCUT2D eigenvalue weighted by Crippen LogP contribution is 2.19. The maximum Gasteiger partial charge on any atom is 0.249 e. The lowest BCUT2D eigenvalue weighted by Gasteiger charge is -2.27. The number of carbonyl (C=O) groups is 1. The largest absolute Gasteiger partial charge is 0.394 e. The zero-order valence-corrected chi connectivity index (χ0v) is 54.1. The molecule has 0 aliphatic heterocycles. The summed E-state index contributed by atoms with van der Waals surface area (Å²) in [6, 6.07) is -1.00. The van der Waals surface area contributed by atoms with Gasteiger partial charge < -0.3 is 25.7 Å². The van der Waals surface area contributed by atoms with Gasteiger partial charge in [0.15, 0.2) is 0 Å². The third-order valence-corrected chi connectivity index (χ3v) is 17.3. The monoisotopic (exact) mass is 1130 g/mol. The molecule has 0 aliphatic rings. The summed E-state index contributed by atoms with van der Waals surface area (Å²) in [6.45, 7) is 4.10. The SMILES string of the molecule is CCCCCCCCCCCCCCC/C=C\C/C=C\CCCCCCCCCCCCCCCCCCC(O)C(=O)NC(CO)C(O)C(O)CCC/C=C/CCCCCCCCCCCCCCCCCCCCCCCCC. The lowest BCUT2D eigenvalue weighted by Crippen LogP contribution is -2.53. The van der Waals surface area contributed by atoms with Crippen LogP contribution in [0.2, 0.25) is 0 Å². The number of hydrogen-bond donors (Lipinski definition) is 5. The normalized spacial score (nSPS) is 13.6. The summed E-state index contributed by atoms with van der Waals surface area (Å²) >= 11 is 0. The highest BCUT2D eigenvalue weighted by Gasteiger charge is 2.28. The molecular formula is C74H143NO5. The van der Waals surface area contributed by atoms with Crippen LogP contribution in [0, 0.1) is 0 Å². The molecule has 0 saturated carbocycles. The summed E-state index contributed by atoms with van der Waals surface area (Å²) in [5.74, 6) is -0.587. The molecule has 0 aromatic heterocycles. The van der Waals surface area contributed by atoms with Crippen molar-refractivity contribution in [3.63, 3.8) is 0 Å². The summed E-state index contributed by atoms with van der Waals surface area (Å²) in [5.41, 5.74) is 0. The van der Waals surface area contributed by atoms with Gasteiger partial charge in [-0.3, -0.25) is 4.79 Å². The molecule has 474 valence electrons. The number of carbonyl (C=O) groups excluding carboxylic acids is 1. The average molecular weight is 1130 g/mol. The fourth-order valence-corrected chi connectivity index (χ4v) is 11.7. The van der Waals surface area contributed by atoms with E-state index in [4.69, 9.17) is 0 Å². The molecule has 0 spiro atoms. The van der Waals surface area contributed by atoms with E-state index in [-0.39, 0.29) is 0 Å². The van der Waals surface area contributed by atoms with Crippen LogP contribution in [0.15, 0.2) is 36.5 Å². The van der Waals surface area contributed by atoms with Crippen molar-refractivity contribution in [2.45, 2.75) is 423 Å². The smallest absolute Gasteiger partial charge is 0.249 e. The van der Waals surface area contributed by atoms with E-state index >= 15 is 0 Å². The van der Waals surface area contributed by atoms with Crippen molar-refractivity contribution in [1.82, 2.24) is 5.32 Å². The van der Waals surface area contributed by atoms with Crippen LogP contribution in [0.3, 0.4) is 0 Å². The van der Waals surface area contributed by atoms with Crippen molar-refractivity contribution in [1.29, 1.82) is 0 Å². The third-order valence-electron chi connectivity index (χ3n) is 17.3. The molecule has 0 aromatic carbocycles. The molecule has 4 unspecified atom stereocenters. The Morgan fingerprint density at radius 2 is 0.550 bits per heavy atom. The topological polar surface area (TPSA) is 110 Å². The zero-order valence-electron chi connectivity index (χ0n) is 54.1. The second-order valence-corrected chi connectivity index (χ2v) is 25.3. The highest BCUT2D eigenvalue weighted by atomic mass is 16.3. The van der Waals surface area contributed by atoms with E-state index in [1.807, 2.05) is 0 Å². The quantitative estimate of drug-likeness (QED) is 0.0308. The Kier molecular flexibility index (Phi) is 67.1. The van der Waals surface area contributed by atoms with E-state index in [0.29, 0.717) is 12.8 Å². The van der Waals surface area contributed by atoms with E-state index < -0.39 is 36.9 Å². The number of rotatable bonds is 68. The van der Waals surface area contributed by atoms with E-state index in [0.717, 1.165) is 44.9 Å². The van der Waals surface area contributed by atoms with Gasteiger partial charge in [0.25, 0.3) is 0 Å². The van der Waals surface area contributed by atoms with Gasteiger partial charge in [0.2, 0.25) is 5.91 Å². The van der Waals surface area contributed by atoms with E-state index in [9.17, 15) is 25.2 Å². The molecule has 4 atom stereocenters. The zero-order chi connectivity index (χ0) is 58.0. The molecule has 0 radical (unpaired) electrons. The second kappa shape index (κ2) is 68.3. The van der Waals surface area contributed by atoms with Crippen molar-refractivity contribution < 1.29 is 25.2 Å². The Balaban J connectivity index is 3.56. The van der Waals surface area contributed by atoms with E-state index in [2.05, 4.69) is 55.6 Å². The predicted octanol–water partition coefficient (Wildman–Crippen LogP) is 22.7. The summed E-state index contributed by atoms with van der Waals surface area (Å²) in [4.78, 5) is 12.7. The molecule has 5 N–H and O–H groups in total. The van der Waals surface area contributed by atoms with Gasteiger partial charge in [-0.05, 0) is 70.6 Å². The number of aliphatic hydroxyl groups is 4. The summed E-state index contributed by atoms with van der Waals surface area (Å²) in [7, 11) is 0. The molecular weight excluding hydrogens is 983 g/mol. The van der Waals surface area contributed by atoms with Crippen LogP contribution in [-0.4, -0.2) is 57.3 Å². The van der Waals surface area contributed by atoms with Gasteiger partial charge in [-0.2, -0.15) is 0 Å². The fourth-order valence-electron chi connectivity index (χ4n) is 11.7. The molecule has 0 rings (SSSR count). The lowest BCUT2D eigenvalue weighted by molar-refractivity contribution is -0.132. The second-order valence-electron chi connectivity index (χ2n) is 25.3. The van der Waals surface area contributed by atoms with Crippen LogP contribution < -0.4 is 5.32 Å². The van der Waals surface area contributed by atoms with Crippen LogP contribution >= 0.6 is 0 Å². The molecule has 6 heteroatoms. The Morgan fingerprint density at radius 1 is 0.312 bits per heavy atom. The molecule has 0 bridgehead atoms. The molecule has 0 fully saturated rings. The van der Waals surface area contributed by atoms with Crippen LogP contribution in [0.1, 0.15) is 399 Å². The van der Waals surface area contributed by atoms with Crippen molar-refractivity contribution in [2.75, 3.05) is 6.61 Å². The van der Waals surface area contributed by atoms with E-state index in [1.54, 1.807) is 0 Å². The lowest BCUT2D eigenvalue weighted by atomic mass is 10.00. The van der Waals surface area contributed by atoms with Crippen molar-refractivity contribution in [3.8, 4) is 0 Å². The van der Waals surface area contributed by atoms with Crippen LogP contribution in [0.5, 0.6) is 0 Å². The maximum absolute atomic E-state index is 12.7. The summed E-state index contributed by atoms with van der Waals surface area (Å²) in [5, 5.41) is 44.2. The van der Waals surface area contributed by atoms with Gasteiger partial charge >= 0.3 is 0 Å². The third kappa shape index (κ3) is 61.1. The summed E-state index contributed by atoms with van der Waals surface area (Å²) < 4.78 is 0. The van der Waals surface area contributed by atoms with Crippen molar-refractivity contribution in [2.24, 2.45) is 0 Å². The predicted molar refractivity (Wildman–Crippen MR) is 353 cm³/mol. The first-order chi connectivity index (χ1) is 39.5. The van der Waals surface area contributed by atoms with Gasteiger partial charge in [0.05, 0.1) is 18.8 Å². The van der Waals surface area contributed by atoms with Gasteiger partial charge in [-0.1, -0.05) is 365 Å². The fraction of sp³-hybridized carbons (Fsp3) is 0.905. The number of amides is 1. The van der Waals surface area contributed by atoms with Crippen LogP contribution in [-0.2, 0) is 4.79 Å². The van der Waals surface area contributed by atoms with E-state index in [1.165, 1.54) is 327 Å². The number of hydrogen-bond acceptors (Lipinski definition) is 5. The van der Waals surface area contributed by atoms with Gasteiger partial charge in [0, 0.05) is 0 Å². The molecule has 1 amide bonds. The molecule has 80 heavy (non-hydrogen) atoms. The minimum Gasteiger partial charge on any atom is -0.394 e. The molecule has 0 saturated heterocycles. The first-order valence-corrected chi connectivity index (χ1v) is 36.4. The molecule has 0 aromatic rings. The van der Waals surface area contributed by atoms with Gasteiger partial charge in [0.1, 0.15) is 12.2 Å². The maximum atomic E-state index is 12.7. The Labute approximate surface area is 500 Å². The standard InChI is InChI=1S/C74H143NO5/c1-3-5-7-9-11-13-15-17-19-21-23-25-27-29-31-33-34-35-36-37-38-39-40-42-44-46-48-50-52-54-56-58-60-62-64-66-68-72(78)74(80)75-70(69-76)73(79)71(77)67-65-63-61-59-57-55-53-51-49-47-45-43-41-32-30-28-26-24-22-20-18-16-14-12-10-8-6-4-2/h31,33,35-36,59,61,70-73,76-79H,3-30,32,34,37-58,60,62-69H2,1-2H3,(H,75,80)/b33-31-,36-35-,61-59+.